The first-order chi connectivity index (χ1) is 14.5. The molecule has 156 valence electrons. The van der Waals surface area contributed by atoms with Crippen LogP contribution in [-0.4, -0.2) is 48.1 Å². The molecule has 2 fully saturated rings. The Kier molecular flexibility index (Phi) is 5.79. The van der Waals surface area contributed by atoms with Gasteiger partial charge in [0.05, 0.1) is 24.8 Å². The zero-order valence-corrected chi connectivity index (χ0v) is 17.3. The van der Waals surface area contributed by atoms with Crippen LogP contribution < -0.4 is 4.74 Å². The van der Waals surface area contributed by atoms with Crippen LogP contribution in [0.25, 0.3) is 5.76 Å². The summed E-state index contributed by atoms with van der Waals surface area (Å²) in [5.41, 5.74) is 1.20. The van der Waals surface area contributed by atoms with Gasteiger partial charge in [-0.05, 0) is 54.8 Å². The van der Waals surface area contributed by atoms with E-state index in [1.807, 2.05) is 0 Å². The van der Waals surface area contributed by atoms with Gasteiger partial charge < -0.3 is 19.5 Å². The summed E-state index contributed by atoms with van der Waals surface area (Å²) in [6.45, 7) is 0.936. The molecule has 7 heteroatoms. The van der Waals surface area contributed by atoms with E-state index < -0.39 is 17.7 Å². The Morgan fingerprint density at radius 2 is 1.87 bits per heavy atom. The van der Waals surface area contributed by atoms with Crippen molar-refractivity contribution in [1.82, 2.24) is 4.90 Å². The minimum Gasteiger partial charge on any atom is -0.507 e. The topological polar surface area (TPSA) is 76.1 Å². The quantitative estimate of drug-likeness (QED) is 0.444. The molecule has 0 aromatic heterocycles. The SMILES string of the molecule is COc1ccc(C2C(=C(O)c3ccc(Cl)cc3)C(=O)C(=O)N2CC2CCCO2)cc1. The number of aliphatic hydroxyl groups is 1. The Morgan fingerprint density at radius 1 is 1.17 bits per heavy atom. The van der Waals surface area contributed by atoms with Crippen molar-refractivity contribution in [1.29, 1.82) is 0 Å². The Balaban J connectivity index is 1.80. The van der Waals surface area contributed by atoms with Crippen LogP contribution in [0.2, 0.25) is 5.02 Å². The van der Waals surface area contributed by atoms with Crippen LogP contribution in [0.3, 0.4) is 0 Å². The van der Waals surface area contributed by atoms with Gasteiger partial charge in [0, 0.05) is 23.7 Å². The number of ether oxygens (including phenoxy) is 2. The highest BCUT2D eigenvalue weighted by Crippen LogP contribution is 2.40. The van der Waals surface area contributed by atoms with Crippen molar-refractivity contribution in [3.63, 3.8) is 0 Å². The van der Waals surface area contributed by atoms with E-state index >= 15 is 0 Å². The molecule has 2 aromatic carbocycles. The first-order valence-electron chi connectivity index (χ1n) is 9.79. The van der Waals surface area contributed by atoms with E-state index in [4.69, 9.17) is 21.1 Å². The molecular weight excluding hydrogens is 406 g/mol. The molecule has 2 heterocycles. The van der Waals surface area contributed by atoms with Crippen LogP contribution in [0.4, 0.5) is 0 Å². The van der Waals surface area contributed by atoms with Gasteiger partial charge in [-0.3, -0.25) is 9.59 Å². The molecule has 6 nitrogen and oxygen atoms in total. The number of amides is 1. The summed E-state index contributed by atoms with van der Waals surface area (Å²) >= 11 is 5.95. The fourth-order valence-electron chi connectivity index (χ4n) is 3.97. The minimum absolute atomic E-state index is 0.0606. The number of methoxy groups -OCH3 is 1. The second kappa shape index (κ2) is 8.50. The maximum Gasteiger partial charge on any atom is 0.295 e. The Bertz CT molecular complexity index is 978. The summed E-state index contributed by atoms with van der Waals surface area (Å²) in [5, 5.41) is 11.5. The van der Waals surface area contributed by atoms with Gasteiger partial charge in [0.1, 0.15) is 11.5 Å². The van der Waals surface area contributed by atoms with Crippen LogP contribution in [0, 0.1) is 0 Å². The smallest absolute Gasteiger partial charge is 0.295 e. The van der Waals surface area contributed by atoms with E-state index in [0.29, 0.717) is 35.1 Å². The van der Waals surface area contributed by atoms with Crippen LogP contribution in [0.1, 0.15) is 30.0 Å². The summed E-state index contributed by atoms with van der Waals surface area (Å²) in [5.74, 6) is -0.906. The third-order valence-corrected chi connectivity index (χ3v) is 5.77. The molecule has 0 bridgehead atoms. The van der Waals surface area contributed by atoms with Crippen molar-refractivity contribution >= 4 is 29.1 Å². The number of rotatable bonds is 5. The molecule has 2 atom stereocenters. The number of halogens is 1. The lowest BCUT2D eigenvalue weighted by molar-refractivity contribution is -0.140. The second-order valence-electron chi connectivity index (χ2n) is 7.37. The van der Waals surface area contributed by atoms with Crippen molar-refractivity contribution in [2.24, 2.45) is 0 Å². The molecule has 1 amide bonds. The number of nitrogens with zero attached hydrogens (tertiary/aromatic N) is 1. The molecule has 2 aliphatic heterocycles. The Labute approximate surface area is 179 Å². The summed E-state index contributed by atoms with van der Waals surface area (Å²) in [6, 6.07) is 12.9. The fraction of sp³-hybridized carbons (Fsp3) is 0.304. The second-order valence-corrected chi connectivity index (χ2v) is 7.80. The van der Waals surface area contributed by atoms with Gasteiger partial charge in [-0.15, -0.1) is 0 Å². The molecule has 2 aliphatic rings. The third-order valence-electron chi connectivity index (χ3n) is 5.51. The molecule has 30 heavy (non-hydrogen) atoms. The van der Waals surface area contributed by atoms with Crippen molar-refractivity contribution in [3.05, 3.63) is 70.3 Å². The Morgan fingerprint density at radius 3 is 2.47 bits per heavy atom. The van der Waals surface area contributed by atoms with Gasteiger partial charge in [0.2, 0.25) is 0 Å². The highest BCUT2D eigenvalue weighted by atomic mass is 35.5. The first-order valence-corrected chi connectivity index (χ1v) is 10.2. The lowest BCUT2D eigenvalue weighted by atomic mass is 9.95. The van der Waals surface area contributed by atoms with Crippen molar-refractivity contribution in [2.45, 2.75) is 25.0 Å². The van der Waals surface area contributed by atoms with Gasteiger partial charge in [-0.2, -0.15) is 0 Å². The van der Waals surface area contributed by atoms with Crippen molar-refractivity contribution < 1.29 is 24.2 Å². The number of benzene rings is 2. The number of carbonyl (C=O) groups is 2. The monoisotopic (exact) mass is 427 g/mol. The number of Topliss-reactive ketones (excluding diaryl/α,β-unsaturated/α-hetero) is 1. The number of hydrogen-bond acceptors (Lipinski definition) is 5. The number of likely N-dealkylation sites (tertiary alicyclic amines) is 1. The molecule has 1 N–H and O–H groups in total. The van der Waals surface area contributed by atoms with Crippen molar-refractivity contribution in [3.8, 4) is 5.75 Å². The molecule has 0 spiro atoms. The van der Waals surface area contributed by atoms with E-state index in [-0.39, 0.29) is 17.4 Å². The van der Waals surface area contributed by atoms with Crippen LogP contribution in [0.5, 0.6) is 5.75 Å². The van der Waals surface area contributed by atoms with Crippen molar-refractivity contribution in [2.75, 3.05) is 20.3 Å². The minimum atomic E-state index is -0.712. The zero-order chi connectivity index (χ0) is 21.3. The predicted octanol–water partition coefficient (Wildman–Crippen LogP) is 3.95. The number of ketones is 1. The van der Waals surface area contributed by atoms with E-state index in [1.54, 1.807) is 55.6 Å². The van der Waals surface area contributed by atoms with Crippen LogP contribution in [0.15, 0.2) is 54.1 Å². The third kappa shape index (κ3) is 3.80. The molecule has 4 rings (SSSR count). The predicted molar refractivity (Wildman–Crippen MR) is 112 cm³/mol. The summed E-state index contributed by atoms with van der Waals surface area (Å²) in [7, 11) is 1.57. The Hall–Kier alpha value is -2.83. The number of aliphatic hydroxyl groups excluding tert-OH is 1. The summed E-state index contributed by atoms with van der Waals surface area (Å²) < 4.78 is 10.9. The lowest BCUT2D eigenvalue weighted by Gasteiger charge is -2.27. The fourth-order valence-corrected chi connectivity index (χ4v) is 4.10. The molecule has 2 aromatic rings. The molecule has 0 radical (unpaired) electrons. The average molecular weight is 428 g/mol. The number of hydrogen-bond donors (Lipinski definition) is 1. The maximum absolute atomic E-state index is 13.0. The first kappa shape index (κ1) is 20.4. The van der Waals surface area contributed by atoms with Gasteiger partial charge >= 0.3 is 0 Å². The van der Waals surface area contributed by atoms with Gasteiger partial charge in [0.25, 0.3) is 11.7 Å². The lowest BCUT2D eigenvalue weighted by Crippen LogP contribution is -2.36. The maximum atomic E-state index is 13.0. The van der Waals surface area contributed by atoms with Crippen LogP contribution >= 0.6 is 11.6 Å². The molecular formula is C23H22ClNO5. The van der Waals surface area contributed by atoms with E-state index in [2.05, 4.69) is 0 Å². The van der Waals surface area contributed by atoms with Crippen LogP contribution in [-0.2, 0) is 14.3 Å². The highest BCUT2D eigenvalue weighted by Gasteiger charge is 2.47. The van der Waals surface area contributed by atoms with E-state index in [0.717, 1.165) is 12.8 Å². The van der Waals surface area contributed by atoms with Gasteiger partial charge in [-0.25, -0.2) is 0 Å². The normalized spacial score (nSPS) is 23.2. The van der Waals surface area contributed by atoms with E-state index in [9.17, 15) is 14.7 Å². The molecule has 2 unspecified atom stereocenters. The van der Waals surface area contributed by atoms with Gasteiger partial charge in [0.15, 0.2) is 0 Å². The standard InChI is InChI=1S/C23H22ClNO5/c1-29-17-10-6-14(7-11-17)20-19(21(26)15-4-8-16(24)9-5-15)22(27)23(28)25(20)13-18-3-2-12-30-18/h4-11,18,20,26H,2-3,12-13H2,1H3. The largest absolute Gasteiger partial charge is 0.507 e. The average Bonchev–Trinajstić information content (AvgIpc) is 3.36. The molecule has 2 saturated heterocycles. The summed E-state index contributed by atoms with van der Waals surface area (Å²) in [6.07, 6.45) is 1.63. The van der Waals surface area contributed by atoms with E-state index in [1.165, 1.54) is 4.90 Å². The number of carbonyl (C=O) groups excluding carboxylic acids is 2. The zero-order valence-electron chi connectivity index (χ0n) is 16.5. The van der Waals surface area contributed by atoms with Gasteiger partial charge in [-0.1, -0.05) is 23.7 Å². The highest BCUT2D eigenvalue weighted by molar-refractivity contribution is 6.46. The summed E-state index contributed by atoms with van der Waals surface area (Å²) in [4.78, 5) is 27.4. The molecule has 0 aliphatic carbocycles. The molecule has 0 saturated carbocycles.